The lowest BCUT2D eigenvalue weighted by atomic mass is 10.2. The van der Waals surface area contributed by atoms with Crippen molar-refractivity contribution < 1.29 is 8.42 Å². The Kier molecular flexibility index (Phi) is 3.51. The number of piperazine rings is 1. The van der Waals surface area contributed by atoms with Gasteiger partial charge in [-0.15, -0.1) is 0 Å². The molecule has 1 unspecified atom stereocenters. The Labute approximate surface area is 103 Å². The van der Waals surface area contributed by atoms with Gasteiger partial charge in [0.15, 0.2) is 0 Å². The average molecular weight is 254 g/mol. The molecule has 0 amide bonds. The van der Waals surface area contributed by atoms with E-state index in [1.54, 1.807) is 16.4 Å². The van der Waals surface area contributed by atoms with Gasteiger partial charge in [-0.1, -0.05) is 18.2 Å². The average Bonchev–Trinajstić information content (AvgIpc) is 2.29. The summed E-state index contributed by atoms with van der Waals surface area (Å²) < 4.78 is 26.5. The lowest BCUT2D eigenvalue weighted by Crippen LogP contribution is -2.51. The monoisotopic (exact) mass is 254 g/mol. The Balaban J connectivity index is 2.33. The quantitative estimate of drug-likeness (QED) is 0.856. The standard InChI is InChI=1S/C12H18N2O2S/c1-10-5-3-4-6-12(10)17(15,16)14-8-7-13-11(2)9-14/h3-6,11,13H,7-9H2,1-2H3. The molecule has 0 aliphatic carbocycles. The van der Waals surface area contributed by atoms with Crippen LogP contribution < -0.4 is 5.32 Å². The van der Waals surface area contributed by atoms with E-state index in [-0.39, 0.29) is 6.04 Å². The summed E-state index contributed by atoms with van der Waals surface area (Å²) >= 11 is 0. The van der Waals surface area contributed by atoms with E-state index in [1.165, 1.54) is 0 Å². The van der Waals surface area contributed by atoms with Gasteiger partial charge in [-0.2, -0.15) is 4.31 Å². The van der Waals surface area contributed by atoms with Crippen molar-refractivity contribution in [2.75, 3.05) is 19.6 Å². The zero-order chi connectivity index (χ0) is 12.5. The highest BCUT2D eigenvalue weighted by Gasteiger charge is 2.29. The minimum Gasteiger partial charge on any atom is -0.312 e. The van der Waals surface area contributed by atoms with Gasteiger partial charge in [0.25, 0.3) is 0 Å². The van der Waals surface area contributed by atoms with Crippen molar-refractivity contribution in [1.82, 2.24) is 9.62 Å². The van der Waals surface area contributed by atoms with Crippen LogP contribution in [-0.2, 0) is 10.0 Å². The second-order valence-corrected chi connectivity index (χ2v) is 6.39. The molecule has 17 heavy (non-hydrogen) atoms. The molecule has 1 aromatic carbocycles. The zero-order valence-electron chi connectivity index (χ0n) is 10.2. The molecule has 0 bridgehead atoms. The second-order valence-electron chi connectivity index (χ2n) is 4.48. The molecule has 0 radical (unpaired) electrons. The molecule has 0 saturated carbocycles. The van der Waals surface area contributed by atoms with E-state index in [4.69, 9.17) is 0 Å². The Morgan fingerprint density at radius 2 is 2.06 bits per heavy atom. The largest absolute Gasteiger partial charge is 0.312 e. The fourth-order valence-corrected chi connectivity index (χ4v) is 3.86. The van der Waals surface area contributed by atoms with Crippen LogP contribution in [0.4, 0.5) is 0 Å². The molecule has 1 N–H and O–H groups in total. The number of nitrogens with zero attached hydrogens (tertiary/aromatic N) is 1. The fourth-order valence-electron chi connectivity index (χ4n) is 2.10. The third-order valence-corrected chi connectivity index (χ3v) is 5.07. The van der Waals surface area contributed by atoms with Crippen molar-refractivity contribution in [2.45, 2.75) is 24.8 Å². The summed E-state index contributed by atoms with van der Waals surface area (Å²) in [6.45, 7) is 5.63. The molecule has 1 fully saturated rings. The van der Waals surface area contributed by atoms with E-state index < -0.39 is 10.0 Å². The van der Waals surface area contributed by atoms with Gasteiger partial charge in [-0.3, -0.25) is 0 Å². The summed E-state index contributed by atoms with van der Waals surface area (Å²) in [4.78, 5) is 0.425. The van der Waals surface area contributed by atoms with Gasteiger partial charge >= 0.3 is 0 Å². The van der Waals surface area contributed by atoms with Crippen LogP contribution in [0.3, 0.4) is 0 Å². The third kappa shape index (κ3) is 2.51. The first kappa shape index (κ1) is 12.5. The number of nitrogens with one attached hydrogen (secondary N) is 1. The maximum Gasteiger partial charge on any atom is 0.243 e. The summed E-state index contributed by atoms with van der Waals surface area (Å²) in [6.07, 6.45) is 0. The third-order valence-electron chi connectivity index (χ3n) is 3.04. The van der Waals surface area contributed by atoms with Gasteiger partial charge in [-0.05, 0) is 25.5 Å². The van der Waals surface area contributed by atoms with Crippen LogP contribution in [0.1, 0.15) is 12.5 Å². The molecule has 1 heterocycles. The van der Waals surface area contributed by atoms with Crippen molar-refractivity contribution in [2.24, 2.45) is 0 Å². The molecular formula is C12H18N2O2S. The predicted octanol–water partition coefficient (Wildman–Crippen LogP) is 0.977. The number of hydrogen-bond acceptors (Lipinski definition) is 3. The zero-order valence-corrected chi connectivity index (χ0v) is 11.0. The highest BCUT2D eigenvalue weighted by Crippen LogP contribution is 2.20. The van der Waals surface area contributed by atoms with Crippen molar-refractivity contribution in [1.29, 1.82) is 0 Å². The summed E-state index contributed by atoms with van der Waals surface area (Å²) in [5.41, 5.74) is 0.804. The van der Waals surface area contributed by atoms with Crippen LogP contribution in [0.5, 0.6) is 0 Å². The Hall–Kier alpha value is -0.910. The minimum atomic E-state index is -3.33. The van der Waals surface area contributed by atoms with Crippen LogP contribution in [0.2, 0.25) is 0 Å². The summed E-state index contributed by atoms with van der Waals surface area (Å²) in [7, 11) is -3.33. The van der Waals surface area contributed by atoms with Crippen LogP contribution in [-0.4, -0.2) is 38.4 Å². The first-order valence-electron chi connectivity index (χ1n) is 5.81. The molecule has 1 saturated heterocycles. The number of aryl methyl sites for hydroxylation is 1. The van der Waals surface area contributed by atoms with Crippen molar-refractivity contribution >= 4 is 10.0 Å². The number of sulfonamides is 1. The molecular weight excluding hydrogens is 236 g/mol. The number of benzene rings is 1. The van der Waals surface area contributed by atoms with Crippen LogP contribution in [0.15, 0.2) is 29.2 Å². The van der Waals surface area contributed by atoms with Gasteiger partial charge in [-0.25, -0.2) is 8.42 Å². The molecule has 0 spiro atoms. The van der Waals surface area contributed by atoms with E-state index in [0.717, 1.165) is 5.56 Å². The summed E-state index contributed by atoms with van der Waals surface area (Å²) in [5, 5.41) is 3.24. The molecule has 5 heteroatoms. The Bertz CT molecular complexity index is 499. The molecule has 4 nitrogen and oxygen atoms in total. The molecule has 1 atom stereocenters. The normalized spacial score (nSPS) is 22.6. The fraction of sp³-hybridized carbons (Fsp3) is 0.500. The first-order valence-corrected chi connectivity index (χ1v) is 7.25. The first-order chi connectivity index (χ1) is 8.01. The van der Waals surface area contributed by atoms with E-state index in [1.807, 2.05) is 26.0 Å². The topological polar surface area (TPSA) is 49.4 Å². The van der Waals surface area contributed by atoms with Gasteiger partial charge < -0.3 is 5.32 Å². The maximum atomic E-state index is 12.5. The lowest BCUT2D eigenvalue weighted by molar-refractivity contribution is 0.310. The Morgan fingerprint density at radius 3 is 2.71 bits per heavy atom. The van der Waals surface area contributed by atoms with Gasteiger partial charge in [0.2, 0.25) is 10.0 Å². The highest BCUT2D eigenvalue weighted by atomic mass is 32.2. The molecule has 94 valence electrons. The second kappa shape index (κ2) is 4.76. The lowest BCUT2D eigenvalue weighted by Gasteiger charge is -2.31. The number of rotatable bonds is 2. The molecule has 2 rings (SSSR count). The van der Waals surface area contributed by atoms with Crippen LogP contribution >= 0.6 is 0 Å². The SMILES string of the molecule is Cc1ccccc1S(=O)(=O)N1CCNC(C)C1. The van der Waals surface area contributed by atoms with Gasteiger partial charge in [0.1, 0.15) is 0 Å². The number of hydrogen-bond donors (Lipinski definition) is 1. The molecule has 1 aliphatic rings. The van der Waals surface area contributed by atoms with Crippen molar-refractivity contribution in [3.8, 4) is 0 Å². The minimum absolute atomic E-state index is 0.211. The van der Waals surface area contributed by atoms with Gasteiger partial charge in [0, 0.05) is 25.7 Å². The maximum absolute atomic E-state index is 12.5. The van der Waals surface area contributed by atoms with Crippen molar-refractivity contribution in [3.05, 3.63) is 29.8 Å². The van der Waals surface area contributed by atoms with E-state index in [9.17, 15) is 8.42 Å². The smallest absolute Gasteiger partial charge is 0.243 e. The van der Waals surface area contributed by atoms with Gasteiger partial charge in [0.05, 0.1) is 4.90 Å². The van der Waals surface area contributed by atoms with Crippen LogP contribution in [0.25, 0.3) is 0 Å². The summed E-state index contributed by atoms with van der Waals surface area (Å²) in [5.74, 6) is 0. The van der Waals surface area contributed by atoms with Crippen molar-refractivity contribution in [3.63, 3.8) is 0 Å². The summed E-state index contributed by atoms with van der Waals surface area (Å²) in [6, 6.07) is 7.35. The molecule has 0 aromatic heterocycles. The Morgan fingerprint density at radius 1 is 1.35 bits per heavy atom. The molecule has 1 aromatic rings. The van der Waals surface area contributed by atoms with E-state index >= 15 is 0 Å². The molecule has 1 aliphatic heterocycles. The highest BCUT2D eigenvalue weighted by molar-refractivity contribution is 7.89. The predicted molar refractivity (Wildman–Crippen MR) is 67.4 cm³/mol. The van der Waals surface area contributed by atoms with Crippen LogP contribution in [0, 0.1) is 6.92 Å². The van der Waals surface area contributed by atoms with E-state index in [2.05, 4.69) is 5.32 Å². The van der Waals surface area contributed by atoms with E-state index in [0.29, 0.717) is 24.5 Å².